The van der Waals surface area contributed by atoms with Crippen LogP contribution in [0.2, 0.25) is 0 Å². The molecule has 0 fully saturated rings. The van der Waals surface area contributed by atoms with Crippen LogP contribution in [0, 0.1) is 0 Å². The fourth-order valence-electron chi connectivity index (χ4n) is 0. The smallest absolute Gasteiger partial charge is 0.00461 e. The fourth-order valence-corrected chi connectivity index (χ4v) is 0. The Labute approximate surface area is 91.1 Å². The summed E-state index contributed by atoms with van der Waals surface area (Å²) in [6, 6.07) is 0. The minimum absolute atomic E-state index is 0. The summed E-state index contributed by atoms with van der Waals surface area (Å²) in [5.41, 5.74) is 9.81. The normalized spacial score (nSPS) is 3.75. The van der Waals surface area contributed by atoms with Crippen LogP contribution in [-0.2, 0) is 67.1 Å². The molecule has 0 saturated heterocycles. The zero-order valence-corrected chi connectivity index (χ0v) is 8.07. The van der Waals surface area contributed by atoms with Gasteiger partial charge in [-0.3, -0.25) is 0 Å². The van der Waals surface area contributed by atoms with Crippen LogP contribution >= 0.6 is 0 Å². The topological polar surface area (TPSA) is 52.0 Å². The summed E-state index contributed by atoms with van der Waals surface area (Å²) < 4.78 is 0. The summed E-state index contributed by atoms with van der Waals surface area (Å²) >= 11 is 0. The Morgan fingerprint density at radius 2 is 0.750 bits per heavy atom. The summed E-state index contributed by atoms with van der Waals surface area (Å²) in [5, 5.41) is 0. The third-order valence-electron chi connectivity index (χ3n) is 0.167. The predicted octanol–water partition coefficient (Wildman–Crippen LogP) is -1.11. The largest absolute Gasteiger partial charge is 0.329 e. The van der Waals surface area contributed by atoms with Gasteiger partial charge in [0.1, 0.15) is 0 Å². The molecule has 6 heteroatoms. The molecule has 0 saturated carbocycles. The quantitative estimate of drug-likeness (QED) is 0.645. The molecule has 4 N–H and O–H groups in total. The average Bonchev–Trinajstić information content (AvgIpc) is 1.37. The van der Waals surface area contributed by atoms with Gasteiger partial charge in [0.15, 0.2) is 0 Å². The molecule has 0 aliphatic rings. The summed E-state index contributed by atoms with van der Waals surface area (Å²) in [7, 11) is 0. The van der Waals surface area contributed by atoms with Crippen molar-refractivity contribution in [1.29, 1.82) is 0 Å². The first-order valence-electron chi connectivity index (χ1n) is 1.32. The molecule has 0 aromatic carbocycles. The SMILES string of the molecule is NCCN.[Co].[Co].[Co].[Co]. The van der Waals surface area contributed by atoms with E-state index in [0.29, 0.717) is 13.1 Å². The van der Waals surface area contributed by atoms with E-state index < -0.39 is 0 Å². The molecule has 0 spiro atoms. The maximum Gasteiger partial charge on any atom is 0.00461 e. The van der Waals surface area contributed by atoms with Gasteiger partial charge in [0.25, 0.3) is 0 Å². The van der Waals surface area contributed by atoms with E-state index >= 15 is 0 Å². The summed E-state index contributed by atoms with van der Waals surface area (Å²) in [4.78, 5) is 0. The van der Waals surface area contributed by atoms with Crippen molar-refractivity contribution >= 4 is 0 Å². The van der Waals surface area contributed by atoms with Gasteiger partial charge in [0.05, 0.1) is 0 Å². The number of nitrogens with two attached hydrogens (primary N) is 2. The summed E-state index contributed by atoms with van der Waals surface area (Å²) in [5.74, 6) is 0. The maximum absolute atomic E-state index is 4.90. The molecular formula is C2H8Co4N2. The zero-order chi connectivity index (χ0) is 3.41. The van der Waals surface area contributed by atoms with Crippen molar-refractivity contribution < 1.29 is 67.1 Å². The van der Waals surface area contributed by atoms with E-state index in [0.717, 1.165) is 0 Å². The van der Waals surface area contributed by atoms with Gasteiger partial charge in [-0.25, -0.2) is 0 Å². The van der Waals surface area contributed by atoms with Crippen molar-refractivity contribution in [2.75, 3.05) is 13.1 Å². The molecule has 0 aliphatic carbocycles. The second-order valence-corrected chi connectivity index (χ2v) is 0.577. The van der Waals surface area contributed by atoms with Crippen molar-refractivity contribution in [3.05, 3.63) is 0 Å². The Kier molecular flexibility index (Phi) is 148. The van der Waals surface area contributed by atoms with Crippen molar-refractivity contribution in [2.24, 2.45) is 11.5 Å². The summed E-state index contributed by atoms with van der Waals surface area (Å²) in [6.07, 6.45) is 0. The first-order valence-corrected chi connectivity index (χ1v) is 1.32. The standard InChI is InChI=1S/C2H8N2.4Co/c3-1-2-4;;;;/h1-4H2;;;;. The van der Waals surface area contributed by atoms with E-state index in [-0.39, 0.29) is 67.1 Å². The van der Waals surface area contributed by atoms with E-state index in [1.165, 1.54) is 0 Å². The second kappa shape index (κ2) is 36.3. The molecule has 0 heterocycles. The van der Waals surface area contributed by atoms with E-state index in [9.17, 15) is 0 Å². The second-order valence-electron chi connectivity index (χ2n) is 0.577. The van der Waals surface area contributed by atoms with Gasteiger partial charge in [0.2, 0.25) is 0 Å². The van der Waals surface area contributed by atoms with Crippen molar-refractivity contribution in [3.8, 4) is 0 Å². The van der Waals surface area contributed by atoms with Gasteiger partial charge >= 0.3 is 0 Å². The Hall–Kier alpha value is 1.95. The molecule has 0 amide bonds. The number of hydrogen-bond donors (Lipinski definition) is 2. The first-order chi connectivity index (χ1) is 1.91. The minimum atomic E-state index is 0. The molecule has 2 nitrogen and oxygen atoms in total. The van der Waals surface area contributed by atoms with Gasteiger partial charge < -0.3 is 11.5 Å². The molecule has 62 valence electrons. The molecule has 0 unspecified atom stereocenters. The van der Waals surface area contributed by atoms with Crippen molar-refractivity contribution in [1.82, 2.24) is 0 Å². The Bertz CT molecular complexity index is 14.0. The molecule has 0 rings (SSSR count). The number of hydrogen-bond acceptors (Lipinski definition) is 2. The van der Waals surface area contributed by atoms with Gasteiger partial charge in [-0.1, -0.05) is 0 Å². The molecular weight excluding hydrogens is 288 g/mol. The molecule has 8 heavy (non-hydrogen) atoms. The number of rotatable bonds is 1. The summed E-state index contributed by atoms with van der Waals surface area (Å²) in [6.45, 7) is 1.19. The molecule has 0 aromatic rings. The molecule has 0 aliphatic heterocycles. The van der Waals surface area contributed by atoms with E-state index in [1.807, 2.05) is 0 Å². The Balaban J connectivity index is -0.00000000750. The van der Waals surface area contributed by atoms with Gasteiger partial charge in [-0.05, 0) is 0 Å². The van der Waals surface area contributed by atoms with Crippen LogP contribution in [0.25, 0.3) is 0 Å². The maximum atomic E-state index is 4.90. The molecule has 0 atom stereocenters. The minimum Gasteiger partial charge on any atom is -0.329 e. The zero-order valence-electron chi connectivity index (χ0n) is 3.90. The van der Waals surface area contributed by atoms with Gasteiger partial charge in [-0.15, -0.1) is 0 Å². The van der Waals surface area contributed by atoms with Crippen molar-refractivity contribution in [3.63, 3.8) is 0 Å². The van der Waals surface area contributed by atoms with Crippen LogP contribution in [0.15, 0.2) is 0 Å². The van der Waals surface area contributed by atoms with Crippen LogP contribution in [0.3, 0.4) is 0 Å². The van der Waals surface area contributed by atoms with E-state index in [4.69, 9.17) is 11.5 Å². The van der Waals surface area contributed by atoms with Crippen LogP contribution in [0.4, 0.5) is 0 Å². The van der Waals surface area contributed by atoms with Crippen LogP contribution < -0.4 is 11.5 Å². The Morgan fingerprint density at radius 3 is 0.750 bits per heavy atom. The predicted molar refractivity (Wildman–Crippen MR) is 18.1 cm³/mol. The van der Waals surface area contributed by atoms with Crippen LogP contribution in [0.5, 0.6) is 0 Å². The van der Waals surface area contributed by atoms with E-state index in [2.05, 4.69) is 0 Å². The first kappa shape index (κ1) is 32.5. The molecule has 0 aromatic heterocycles. The van der Waals surface area contributed by atoms with Gasteiger partial charge in [-0.2, -0.15) is 0 Å². The third-order valence-corrected chi connectivity index (χ3v) is 0.167. The van der Waals surface area contributed by atoms with Gasteiger partial charge in [0, 0.05) is 80.2 Å². The molecule has 4 radical (unpaired) electrons. The molecule has 0 bridgehead atoms. The average molecular weight is 296 g/mol. The van der Waals surface area contributed by atoms with Crippen LogP contribution in [-0.4, -0.2) is 13.1 Å². The fraction of sp³-hybridized carbons (Fsp3) is 1.00. The monoisotopic (exact) mass is 296 g/mol. The van der Waals surface area contributed by atoms with Crippen molar-refractivity contribution in [2.45, 2.75) is 0 Å². The Morgan fingerprint density at radius 1 is 0.625 bits per heavy atom. The van der Waals surface area contributed by atoms with Crippen LogP contribution in [0.1, 0.15) is 0 Å². The third kappa shape index (κ3) is 44.2. The van der Waals surface area contributed by atoms with E-state index in [1.54, 1.807) is 0 Å².